The van der Waals surface area contributed by atoms with Crippen LogP contribution < -0.4 is 4.90 Å². The van der Waals surface area contributed by atoms with Gasteiger partial charge in [0.05, 0.1) is 19.1 Å². The SMILES string of the molecule is O=C(C1CN(c2nc3ccccc3o2)C1)N1CCOCC1. The number of ether oxygens (including phenoxy) is 1. The van der Waals surface area contributed by atoms with Gasteiger partial charge in [-0.3, -0.25) is 4.79 Å². The number of amides is 1. The zero-order chi connectivity index (χ0) is 14.2. The van der Waals surface area contributed by atoms with E-state index in [1.807, 2.05) is 34.1 Å². The highest BCUT2D eigenvalue weighted by molar-refractivity contribution is 5.82. The van der Waals surface area contributed by atoms with Crippen molar-refractivity contribution < 1.29 is 13.9 Å². The average molecular weight is 287 g/mol. The number of morpholine rings is 1. The number of benzene rings is 1. The van der Waals surface area contributed by atoms with E-state index in [1.165, 1.54) is 0 Å². The van der Waals surface area contributed by atoms with Crippen molar-refractivity contribution in [3.63, 3.8) is 0 Å². The lowest BCUT2D eigenvalue weighted by Crippen LogP contribution is -2.56. The van der Waals surface area contributed by atoms with Crippen molar-refractivity contribution >= 4 is 23.0 Å². The lowest BCUT2D eigenvalue weighted by Gasteiger charge is -2.40. The van der Waals surface area contributed by atoms with Gasteiger partial charge in [-0.05, 0) is 12.1 Å². The molecule has 2 aliphatic heterocycles. The Morgan fingerprint density at radius 1 is 1.19 bits per heavy atom. The third kappa shape index (κ3) is 2.25. The highest BCUT2D eigenvalue weighted by atomic mass is 16.5. The number of carbonyl (C=O) groups excluding carboxylic acids is 1. The molecule has 21 heavy (non-hydrogen) atoms. The molecule has 6 nitrogen and oxygen atoms in total. The number of hydrogen-bond donors (Lipinski definition) is 0. The summed E-state index contributed by atoms with van der Waals surface area (Å²) in [5.74, 6) is 0.281. The van der Waals surface area contributed by atoms with E-state index in [1.54, 1.807) is 0 Å². The summed E-state index contributed by atoms with van der Waals surface area (Å²) in [6.07, 6.45) is 0. The molecule has 2 saturated heterocycles. The number of anilines is 1. The molecule has 2 fully saturated rings. The molecular weight excluding hydrogens is 270 g/mol. The van der Waals surface area contributed by atoms with Crippen molar-refractivity contribution in [2.24, 2.45) is 5.92 Å². The Kier molecular flexibility index (Phi) is 3.03. The lowest BCUT2D eigenvalue weighted by atomic mass is 9.99. The van der Waals surface area contributed by atoms with Crippen LogP contribution in [0.5, 0.6) is 0 Å². The third-order valence-corrected chi connectivity index (χ3v) is 4.11. The normalized spacial score (nSPS) is 19.8. The Hall–Kier alpha value is -2.08. The first-order valence-electron chi connectivity index (χ1n) is 7.28. The van der Waals surface area contributed by atoms with E-state index in [-0.39, 0.29) is 11.8 Å². The van der Waals surface area contributed by atoms with Crippen LogP contribution in [0.3, 0.4) is 0 Å². The summed E-state index contributed by atoms with van der Waals surface area (Å²) in [5.41, 5.74) is 1.64. The van der Waals surface area contributed by atoms with Gasteiger partial charge in [-0.15, -0.1) is 0 Å². The van der Waals surface area contributed by atoms with Crippen molar-refractivity contribution in [2.75, 3.05) is 44.3 Å². The summed E-state index contributed by atoms with van der Waals surface area (Å²) in [6, 6.07) is 8.32. The van der Waals surface area contributed by atoms with Gasteiger partial charge in [-0.1, -0.05) is 12.1 Å². The molecule has 1 amide bonds. The van der Waals surface area contributed by atoms with Gasteiger partial charge in [0.1, 0.15) is 5.52 Å². The maximum absolute atomic E-state index is 12.3. The standard InChI is InChI=1S/C15H17N3O3/c19-14(17-5-7-20-8-6-17)11-9-18(10-11)15-16-12-3-1-2-4-13(12)21-15/h1-4,11H,5-10H2. The fourth-order valence-electron chi connectivity index (χ4n) is 2.83. The molecule has 3 heterocycles. The summed E-state index contributed by atoms with van der Waals surface area (Å²) < 4.78 is 11.0. The highest BCUT2D eigenvalue weighted by Crippen LogP contribution is 2.28. The van der Waals surface area contributed by atoms with E-state index in [2.05, 4.69) is 4.98 Å². The van der Waals surface area contributed by atoms with Gasteiger partial charge < -0.3 is 19.0 Å². The molecule has 0 aliphatic carbocycles. The number of para-hydroxylation sites is 2. The first-order valence-corrected chi connectivity index (χ1v) is 7.28. The summed E-state index contributed by atoms with van der Waals surface area (Å²) in [5, 5.41) is 0. The van der Waals surface area contributed by atoms with Gasteiger partial charge in [0.15, 0.2) is 5.58 Å². The van der Waals surface area contributed by atoms with Crippen LogP contribution in [-0.2, 0) is 9.53 Å². The number of rotatable bonds is 2. The van der Waals surface area contributed by atoms with Crippen LogP contribution >= 0.6 is 0 Å². The maximum atomic E-state index is 12.3. The number of oxazole rings is 1. The van der Waals surface area contributed by atoms with E-state index in [4.69, 9.17) is 9.15 Å². The maximum Gasteiger partial charge on any atom is 0.298 e. The first kappa shape index (κ1) is 12.6. The van der Waals surface area contributed by atoms with Crippen LogP contribution in [0.25, 0.3) is 11.1 Å². The van der Waals surface area contributed by atoms with Gasteiger partial charge in [-0.25, -0.2) is 0 Å². The van der Waals surface area contributed by atoms with Crippen LogP contribution in [0.15, 0.2) is 28.7 Å². The smallest absolute Gasteiger partial charge is 0.298 e. The van der Waals surface area contributed by atoms with Crippen LogP contribution in [0, 0.1) is 5.92 Å². The fraction of sp³-hybridized carbons (Fsp3) is 0.467. The molecule has 1 aromatic heterocycles. The molecule has 0 radical (unpaired) electrons. The van der Waals surface area contributed by atoms with Gasteiger partial charge in [0, 0.05) is 26.2 Å². The molecule has 1 aromatic carbocycles. The van der Waals surface area contributed by atoms with Crippen LogP contribution in [0.2, 0.25) is 0 Å². The number of fused-ring (bicyclic) bond motifs is 1. The molecule has 110 valence electrons. The van der Waals surface area contributed by atoms with Crippen molar-refractivity contribution in [3.05, 3.63) is 24.3 Å². The molecule has 0 atom stereocenters. The van der Waals surface area contributed by atoms with Crippen LogP contribution in [-0.4, -0.2) is 55.2 Å². The summed E-state index contributed by atoms with van der Waals surface area (Å²) in [4.78, 5) is 20.7. The third-order valence-electron chi connectivity index (χ3n) is 4.11. The molecule has 0 unspecified atom stereocenters. The van der Waals surface area contributed by atoms with Crippen molar-refractivity contribution in [2.45, 2.75) is 0 Å². The van der Waals surface area contributed by atoms with Gasteiger partial charge in [0.2, 0.25) is 5.91 Å². The predicted molar refractivity (Wildman–Crippen MR) is 77.1 cm³/mol. The van der Waals surface area contributed by atoms with Crippen molar-refractivity contribution in [1.82, 2.24) is 9.88 Å². The minimum atomic E-state index is 0.0538. The fourth-order valence-corrected chi connectivity index (χ4v) is 2.83. The minimum Gasteiger partial charge on any atom is -0.423 e. The molecule has 0 bridgehead atoms. The second kappa shape index (κ2) is 5.04. The molecule has 0 saturated carbocycles. The van der Waals surface area contributed by atoms with E-state index < -0.39 is 0 Å². The Bertz CT molecular complexity index is 624. The quantitative estimate of drug-likeness (QED) is 0.828. The van der Waals surface area contributed by atoms with E-state index >= 15 is 0 Å². The number of aromatic nitrogens is 1. The second-order valence-corrected chi connectivity index (χ2v) is 5.50. The Morgan fingerprint density at radius 2 is 1.95 bits per heavy atom. The Morgan fingerprint density at radius 3 is 2.71 bits per heavy atom. The molecule has 2 aliphatic rings. The second-order valence-electron chi connectivity index (χ2n) is 5.50. The van der Waals surface area contributed by atoms with Crippen LogP contribution in [0.1, 0.15) is 0 Å². The number of hydrogen-bond acceptors (Lipinski definition) is 5. The summed E-state index contributed by atoms with van der Waals surface area (Å²) in [7, 11) is 0. The molecule has 6 heteroatoms. The molecular formula is C15H17N3O3. The summed E-state index contributed by atoms with van der Waals surface area (Å²) in [6.45, 7) is 4.07. The monoisotopic (exact) mass is 287 g/mol. The van der Waals surface area contributed by atoms with Gasteiger partial charge >= 0.3 is 0 Å². The Labute approximate surface area is 122 Å². The number of carbonyl (C=O) groups is 1. The van der Waals surface area contributed by atoms with E-state index in [0.717, 1.165) is 11.1 Å². The summed E-state index contributed by atoms with van der Waals surface area (Å²) >= 11 is 0. The van der Waals surface area contributed by atoms with Gasteiger partial charge in [-0.2, -0.15) is 4.98 Å². The highest BCUT2D eigenvalue weighted by Gasteiger charge is 2.37. The molecule has 0 spiro atoms. The molecule has 0 N–H and O–H groups in total. The topological polar surface area (TPSA) is 58.8 Å². The van der Waals surface area contributed by atoms with Crippen molar-refractivity contribution in [3.8, 4) is 0 Å². The first-order chi connectivity index (χ1) is 10.3. The predicted octanol–water partition coefficient (Wildman–Crippen LogP) is 1.12. The van der Waals surface area contributed by atoms with Crippen molar-refractivity contribution in [1.29, 1.82) is 0 Å². The number of nitrogens with zero attached hydrogens (tertiary/aromatic N) is 3. The van der Waals surface area contributed by atoms with Gasteiger partial charge in [0.25, 0.3) is 6.01 Å². The van der Waals surface area contributed by atoms with Crippen LogP contribution in [0.4, 0.5) is 6.01 Å². The Balaban J connectivity index is 1.41. The zero-order valence-corrected chi connectivity index (χ0v) is 11.7. The lowest BCUT2D eigenvalue weighted by molar-refractivity contribution is -0.140. The van der Waals surface area contributed by atoms with E-state index in [0.29, 0.717) is 45.4 Å². The molecule has 2 aromatic rings. The van der Waals surface area contributed by atoms with E-state index in [9.17, 15) is 4.79 Å². The minimum absolute atomic E-state index is 0.0538. The average Bonchev–Trinajstić information content (AvgIpc) is 2.90. The zero-order valence-electron chi connectivity index (χ0n) is 11.7. The molecule has 4 rings (SSSR count). The largest absolute Gasteiger partial charge is 0.423 e.